The fraction of sp³-hybridized carbons (Fsp3) is 0.550. The number of para-hydroxylation sites is 1. The summed E-state index contributed by atoms with van der Waals surface area (Å²) in [5.74, 6) is -1.08. The molecule has 0 spiro atoms. The number of benzene rings is 1. The van der Waals surface area contributed by atoms with E-state index < -0.39 is 11.6 Å². The van der Waals surface area contributed by atoms with E-state index in [4.69, 9.17) is 9.84 Å². The number of hydrogen-bond donors (Lipinski definition) is 2. The molecule has 2 N–H and O–H groups in total. The summed E-state index contributed by atoms with van der Waals surface area (Å²) < 4.78 is 5.42. The number of carboxylic acids is 1. The number of piperidine rings is 1. The number of anilines is 1. The van der Waals surface area contributed by atoms with Crippen molar-refractivity contribution in [3.8, 4) is 0 Å². The summed E-state index contributed by atoms with van der Waals surface area (Å²) >= 11 is 0. The molecule has 7 heteroatoms. The molecular weight excluding hydrogens is 348 g/mol. The van der Waals surface area contributed by atoms with E-state index in [0.717, 1.165) is 18.4 Å². The summed E-state index contributed by atoms with van der Waals surface area (Å²) in [4.78, 5) is 36.5. The third-order valence-electron chi connectivity index (χ3n) is 4.39. The zero-order chi connectivity index (χ0) is 20.0. The summed E-state index contributed by atoms with van der Waals surface area (Å²) in [6, 6.07) is 7.56. The lowest BCUT2D eigenvalue weighted by Gasteiger charge is -2.34. The van der Waals surface area contributed by atoms with Crippen LogP contribution in [0.5, 0.6) is 0 Å². The molecule has 1 aliphatic heterocycles. The molecule has 1 aliphatic rings. The average molecular weight is 376 g/mol. The summed E-state index contributed by atoms with van der Waals surface area (Å²) in [7, 11) is 0. The van der Waals surface area contributed by atoms with Crippen LogP contribution in [0.4, 0.5) is 10.5 Å². The van der Waals surface area contributed by atoms with Crippen molar-refractivity contribution in [2.75, 3.05) is 18.4 Å². The van der Waals surface area contributed by atoms with Gasteiger partial charge in [-0.15, -0.1) is 0 Å². The Hall–Kier alpha value is -2.57. The van der Waals surface area contributed by atoms with Gasteiger partial charge in [-0.3, -0.25) is 9.59 Å². The van der Waals surface area contributed by atoms with E-state index in [1.54, 1.807) is 4.90 Å². The first-order valence-electron chi connectivity index (χ1n) is 9.24. The van der Waals surface area contributed by atoms with E-state index in [0.29, 0.717) is 18.8 Å². The third-order valence-corrected chi connectivity index (χ3v) is 4.39. The third kappa shape index (κ3) is 6.58. The fourth-order valence-corrected chi connectivity index (χ4v) is 3.10. The quantitative estimate of drug-likeness (QED) is 0.818. The Kier molecular flexibility index (Phi) is 6.82. The Labute approximate surface area is 159 Å². The van der Waals surface area contributed by atoms with E-state index >= 15 is 0 Å². The zero-order valence-corrected chi connectivity index (χ0v) is 16.2. The summed E-state index contributed by atoms with van der Waals surface area (Å²) in [5, 5.41) is 11.5. The predicted octanol–water partition coefficient (Wildman–Crippen LogP) is 3.60. The predicted molar refractivity (Wildman–Crippen MR) is 102 cm³/mol. The second-order valence-corrected chi connectivity index (χ2v) is 7.77. The molecule has 0 aromatic heterocycles. The van der Waals surface area contributed by atoms with Gasteiger partial charge in [0.2, 0.25) is 5.91 Å². The second-order valence-electron chi connectivity index (χ2n) is 7.77. The van der Waals surface area contributed by atoms with Gasteiger partial charge in [-0.1, -0.05) is 18.2 Å². The molecule has 0 radical (unpaired) electrons. The minimum Gasteiger partial charge on any atom is -0.481 e. The summed E-state index contributed by atoms with van der Waals surface area (Å²) in [6.45, 7) is 6.74. The highest BCUT2D eigenvalue weighted by molar-refractivity contribution is 5.93. The van der Waals surface area contributed by atoms with Crippen molar-refractivity contribution >= 4 is 23.7 Å². The van der Waals surface area contributed by atoms with Crippen molar-refractivity contribution in [2.24, 2.45) is 0 Å². The van der Waals surface area contributed by atoms with Gasteiger partial charge >= 0.3 is 12.1 Å². The highest BCUT2D eigenvalue weighted by atomic mass is 16.6. The Morgan fingerprint density at radius 1 is 1.15 bits per heavy atom. The van der Waals surface area contributed by atoms with Crippen LogP contribution in [0.1, 0.15) is 57.9 Å². The number of ether oxygens (including phenoxy) is 1. The zero-order valence-electron chi connectivity index (χ0n) is 16.2. The van der Waals surface area contributed by atoms with Crippen LogP contribution in [0.25, 0.3) is 0 Å². The molecule has 0 saturated carbocycles. The monoisotopic (exact) mass is 376 g/mol. The number of carboxylic acid groups (broad SMARTS) is 1. The number of rotatable bonds is 5. The standard InChI is InChI=1S/C20H28N2O5/c1-20(2,3)27-19(26)22-12-10-14(11-13-22)15-6-4-5-7-16(15)21-17(23)8-9-18(24)25/h4-7,14H,8-13H2,1-3H3,(H,21,23)(H,24,25). The Balaban J connectivity index is 1.97. The van der Waals surface area contributed by atoms with Gasteiger partial charge in [0.05, 0.1) is 6.42 Å². The Morgan fingerprint density at radius 3 is 2.37 bits per heavy atom. The number of carbonyl (C=O) groups is 3. The Bertz CT molecular complexity index is 688. The number of likely N-dealkylation sites (tertiary alicyclic amines) is 1. The molecule has 2 amide bonds. The van der Waals surface area contributed by atoms with Crippen LogP contribution in [0.15, 0.2) is 24.3 Å². The van der Waals surface area contributed by atoms with Crippen LogP contribution < -0.4 is 5.32 Å². The van der Waals surface area contributed by atoms with Crippen LogP contribution in [0.3, 0.4) is 0 Å². The van der Waals surface area contributed by atoms with Crippen LogP contribution in [0, 0.1) is 0 Å². The molecule has 2 rings (SSSR count). The van der Waals surface area contributed by atoms with Crippen LogP contribution in [-0.4, -0.2) is 46.7 Å². The molecule has 27 heavy (non-hydrogen) atoms. The van der Waals surface area contributed by atoms with E-state index in [1.807, 2.05) is 45.0 Å². The number of hydrogen-bond acceptors (Lipinski definition) is 4. The minimum atomic E-state index is -0.993. The van der Waals surface area contributed by atoms with Crippen molar-refractivity contribution in [3.05, 3.63) is 29.8 Å². The van der Waals surface area contributed by atoms with E-state index in [1.165, 1.54) is 0 Å². The van der Waals surface area contributed by atoms with E-state index in [2.05, 4.69) is 5.32 Å². The van der Waals surface area contributed by atoms with Gasteiger partial charge in [0.15, 0.2) is 0 Å². The molecule has 7 nitrogen and oxygen atoms in total. The van der Waals surface area contributed by atoms with Gasteiger partial charge in [-0.25, -0.2) is 4.79 Å². The topological polar surface area (TPSA) is 95.9 Å². The number of nitrogens with zero attached hydrogens (tertiary/aromatic N) is 1. The van der Waals surface area contributed by atoms with Crippen LogP contribution in [-0.2, 0) is 14.3 Å². The van der Waals surface area contributed by atoms with Gasteiger partial charge in [0.25, 0.3) is 0 Å². The molecule has 1 aromatic carbocycles. The van der Waals surface area contributed by atoms with Crippen LogP contribution in [0.2, 0.25) is 0 Å². The maximum absolute atomic E-state index is 12.2. The van der Waals surface area contributed by atoms with Crippen LogP contribution >= 0.6 is 0 Å². The smallest absolute Gasteiger partial charge is 0.410 e. The Morgan fingerprint density at radius 2 is 1.78 bits per heavy atom. The molecular formula is C20H28N2O5. The van der Waals surface area contributed by atoms with Crippen molar-refractivity contribution in [1.82, 2.24) is 4.90 Å². The summed E-state index contributed by atoms with van der Waals surface area (Å²) in [6.07, 6.45) is 1.02. The molecule has 148 valence electrons. The lowest BCUT2D eigenvalue weighted by molar-refractivity contribution is -0.138. The molecule has 1 aromatic rings. The van der Waals surface area contributed by atoms with E-state index in [-0.39, 0.29) is 30.8 Å². The van der Waals surface area contributed by atoms with E-state index in [9.17, 15) is 14.4 Å². The van der Waals surface area contributed by atoms with Gasteiger partial charge in [0.1, 0.15) is 5.60 Å². The number of aliphatic carboxylic acids is 1. The largest absolute Gasteiger partial charge is 0.481 e. The van der Waals surface area contributed by atoms with Gasteiger partial charge < -0.3 is 20.1 Å². The number of amides is 2. The molecule has 1 fully saturated rings. The first-order valence-corrected chi connectivity index (χ1v) is 9.24. The molecule has 0 bridgehead atoms. The first-order chi connectivity index (χ1) is 12.7. The second kappa shape index (κ2) is 8.88. The van der Waals surface area contributed by atoms with Gasteiger partial charge in [0, 0.05) is 25.2 Å². The van der Waals surface area contributed by atoms with Crippen molar-refractivity contribution in [2.45, 2.75) is 58.0 Å². The summed E-state index contributed by atoms with van der Waals surface area (Å²) in [5.41, 5.74) is 1.22. The average Bonchev–Trinajstić information content (AvgIpc) is 2.59. The highest BCUT2D eigenvalue weighted by Gasteiger charge is 2.28. The molecule has 0 aliphatic carbocycles. The maximum Gasteiger partial charge on any atom is 0.410 e. The maximum atomic E-state index is 12.2. The molecule has 0 atom stereocenters. The van der Waals surface area contributed by atoms with Crippen molar-refractivity contribution < 1.29 is 24.2 Å². The molecule has 1 saturated heterocycles. The van der Waals surface area contributed by atoms with Gasteiger partial charge in [-0.2, -0.15) is 0 Å². The van der Waals surface area contributed by atoms with Crippen molar-refractivity contribution in [3.63, 3.8) is 0 Å². The van der Waals surface area contributed by atoms with Gasteiger partial charge in [-0.05, 0) is 51.2 Å². The highest BCUT2D eigenvalue weighted by Crippen LogP contribution is 2.33. The minimum absolute atomic E-state index is 0.0548. The fourth-order valence-electron chi connectivity index (χ4n) is 3.10. The number of nitrogens with one attached hydrogen (secondary N) is 1. The SMILES string of the molecule is CC(C)(C)OC(=O)N1CCC(c2ccccc2NC(=O)CCC(=O)O)CC1. The normalized spacial score (nSPS) is 15.3. The first kappa shape index (κ1) is 20.7. The lowest BCUT2D eigenvalue weighted by Crippen LogP contribution is -2.41. The van der Waals surface area contributed by atoms with Crippen molar-refractivity contribution in [1.29, 1.82) is 0 Å². The number of carbonyl (C=O) groups excluding carboxylic acids is 2. The molecule has 0 unspecified atom stereocenters. The molecule has 1 heterocycles. The lowest BCUT2D eigenvalue weighted by atomic mass is 9.88.